The minimum atomic E-state index is -0.261. The molecule has 3 aromatic rings. The first-order valence-electron chi connectivity index (χ1n) is 9.23. The maximum Gasteiger partial charge on any atom is 0.258 e. The van der Waals surface area contributed by atoms with Gasteiger partial charge < -0.3 is 10.2 Å². The molecule has 0 aliphatic carbocycles. The summed E-state index contributed by atoms with van der Waals surface area (Å²) in [6, 6.07) is 21.3. The van der Waals surface area contributed by atoms with Gasteiger partial charge in [-0.25, -0.2) is 4.39 Å². The van der Waals surface area contributed by atoms with Crippen LogP contribution in [0.4, 0.5) is 15.8 Å². The summed E-state index contributed by atoms with van der Waals surface area (Å²) in [4.78, 5) is 15.1. The number of rotatable bonds is 3. The lowest BCUT2D eigenvalue weighted by Gasteiger charge is -2.40. The Hall–Kier alpha value is -2.85. The number of anilines is 2. The molecule has 1 aliphatic heterocycles. The van der Waals surface area contributed by atoms with Gasteiger partial charge in [0.05, 0.1) is 6.04 Å². The number of fused-ring (bicyclic) bond motifs is 1. The van der Waals surface area contributed by atoms with E-state index in [4.69, 9.17) is 11.6 Å². The molecule has 0 saturated heterocycles. The first-order valence-corrected chi connectivity index (χ1v) is 9.61. The molecule has 1 N–H and O–H groups in total. The Bertz CT molecular complexity index is 988. The van der Waals surface area contributed by atoms with Crippen LogP contribution in [0.15, 0.2) is 72.8 Å². The number of nitrogens with zero attached hydrogens (tertiary/aromatic N) is 1. The Morgan fingerprint density at radius 1 is 1.04 bits per heavy atom. The summed E-state index contributed by atoms with van der Waals surface area (Å²) in [5.41, 5.74) is 3.40. The molecule has 0 aromatic heterocycles. The fraction of sp³-hybridized carbons (Fsp3) is 0.174. The normalized spacial score (nSPS) is 18.5. The predicted molar refractivity (Wildman–Crippen MR) is 112 cm³/mol. The molecule has 0 spiro atoms. The molecule has 0 saturated carbocycles. The summed E-state index contributed by atoms with van der Waals surface area (Å²) >= 11 is 5.96. The van der Waals surface area contributed by atoms with Crippen molar-refractivity contribution in [2.24, 2.45) is 0 Å². The molecule has 28 heavy (non-hydrogen) atoms. The summed E-state index contributed by atoms with van der Waals surface area (Å²) in [5, 5.41) is 4.08. The number of benzene rings is 3. The number of hydrogen-bond acceptors (Lipinski definition) is 2. The summed E-state index contributed by atoms with van der Waals surface area (Å²) in [5.74, 6) is -0.306. The van der Waals surface area contributed by atoms with Gasteiger partial charge in [-0.2, -0.15) is 0 Å². The van der Waals surface area contributed by atoms with Crippen LogP contribution in [0.1, 0.15) is 35.3 Å². The third-order valence-electron chi connectivity index (χ3n) is 5.08. The SMILES string of the molecule is CC1CC(Nc2ccc(F)cc2)c2ccccc2N1C(=O)c1ccc(Cl)cc1. The minimum Gasteiger partial charge on any atom is -0.378 e. The summed E-state index contributed by atoms with van der Waals surface area (Å²) in [6.45, 7) is 2.04. The Balaban J connectivity index is 1.67. The molecule has 2 atom stereocenters. The van der Waals surface area contributed by atoms with Crippen LogP contribution in [0.2, 0.25) is 5.02 Å². The molecule has 5 heteroatoms. The van der Waals surface area contributed by atoms with Gasteiger partial charge in [0.15, 0.2) is 0 Å². The van der Waals surface area contributed by atoms with Crippen LogP contribution in [-0.4, -0.2) is 11.9 Å². The van der Waals surface area contributed by atoms with Gasteiger partial charge in [0.1, 0.15) is 5.82 Å². The smallest absolute Gasteiger partial charge is 0.258 e. The van der Waals surface area contributed by atoms with Crippen molar-refractivity contribution in [3.8, 4) is 0 Å². The highest BCUT2D eigenvalue weighted by atomic mass is 35.5. The zero-order chi connectivity index (χ0) is 19.7. The Labute approximate surface area is 168 Å². The van der Waals surface area contributed by atoms with E-state index in [9.17, 15) is 9.18 Å². The minimum absolute atomic E-state index is 0.00368. The molecule has 4 rings (SSSR count). The summed E-state index contributed by atoms with van der Waals surface area (Å²) in [6.07, 6.45) is 0.744. The number of hydrogen-bond donors (Lipinski definition) is 1. The predicted octanol–water partition coefficient (Wildman–Crippen LogP) is 6.07. The standard InChI is InChI=1S/C23H20ClFN2O/c1-15-14-21(26-19-12-10-18(25)11-13-19)20-4-2-3-5-22(20)27(15)23(28)16-6-8-17(24)9-7-16/h2-13,15,21,26H,14H2,1H3. The van der Waals surface area contributed by atoms with Crippen LogP contribution in [0, 0.1) is 5.82 Å². The van der Waals surface area contributed by atoms with Gasteiger partial charge in [0.2, 0.25) is 0 Å². The quantitative estimate of drug-likeness (QED) is 0.584. The zero-order valence-electron chi connectivity index (χ0n) is 15.4. The van der Waals surface area contributed by atoms with E-state index in [1.54, 1.807) is 36.4 Å². The third-order valence-corrected chi connectivity index (χ3v) is 5.34. The van der Waals surface area contributed by atoms with Crippen LogP contribution in [0.3, 0.4) is 0 Å². The van der Waals surface area contributed by atoms with E-state index >= 15 is 0 Å². The van der Waals surface area contributed by atoms with Crippen molar-refractivity contribution in [2.75, 3.05) is 10.2 Å². The van der Waals surface area contributed by atoms with E-state index in [2.05, 4.69) is 5.32 Å². The number of halogens is 2. The molecule has 1 aliphatic rings. The van der Waals surface area contributed by atoms with Gasteiger partial charge >= 0.3 is 0 Å². The lowest BCUT2D eigenvalue weighted by molar-refractivity contribution is 0.0974. The second-order valence-electron chi connectivity index (χ2n) is 7.03. The van der Waals surface area contributed by atoms with Crippen molar-refractivity contribution in [2.45, 2.75) is 25.4 Å². The second-order valence-corrected chi connectivity index (χ2v) is 7.47. The molecule has 1 amide bonds. The monoisotopic (exact) mass is 394 g/mol. The number of para-hydroxylation sites is 1. The molecule has 3 nitrogen and oxygen atoms in total. The highest BCUT2D eigenvalue weighted by Gasteiger charge is 2.34. The van der Waals surface area contributed by atoms with E-state index < -0.39 is 0 Å². The Morgan fingerprint density at radius 3 is 2.43 bits per heavy atom. The van der Waals surface area contributed by atoms with Gasteiger partial charge in [0, 0.05) is 28.0 Å². The lowest BCUT2D eigenvalue weighted by atomic mass is 9.90. The molecule has 2 unspecified atom stereocenters. The Kier molecular flexibility index (Phi) is 5.05. The topological polar surface area (TPSA) is 32.3 Å². The second kappa shape index (κ2) is 7.64. The number of carbonyl (C=O) groups is 1. The van der Waals surface area contributed by atoms with Crippen LogP contribution in [0.5, 0.6) is 0 Å². The van der Waals surface area contributed by atoms with Crippen molar-refractivity contribution in [3.05, 3.63) is 94.8 Å². The highest BCUT2D eigenvalue weighted by molar-refractivity contribution is 6.30. The van der Waals surface area contributed by atoms with Gasteiger partial charge in [-0.1, -0.05) is 29.8 Å². The van der Waals surface area contributed by atoms with Crippen molar-refractivity contribution < 1.29 is 9.18 Å². The van der Waals surface area contributed by atoms with Crippen LogP contribution < -0.4 is 10.2 Å². The van der Waals surface area contributed by atoms with Crippen LogP contribution in [-0.2, 0) is 0 Å². The zero-order valence-corrected chi connectivity index (χ0v) is 16.2. The van der Waals surface area contributed by atoms with Crippen molar-refractivity contribution >= 4 is 28.9 Å². The van der Waals surface area contributed by atoms with Gasteiger partial charge in [-0.3, -0.25) is 4.79 Å². The first kappa shape index (κ1) is 18.5. The van der Waals surface area contributed by atoms with E-state index in [1.807, 2.05) is 36.1 Å². The van der Waals surface area contributed by atoms with E-state index in [1.165, 1.54) is 12.1 Å². The molecule has 3 aromatic carbocycles. The van der Waals surface area contributed by atoms with Crippen molar-refractivity contribution in [3.63, 3.8) is 0 Å². The van der Waals surface area contributed by atoms with Crippen LogP contribution in [0.25, 0.3) is 0 Å². The van der Waals surface area contributed by atoms with E-state index in [0.717, 1.165) is 23.4 Å². The van der Waals surface area contributed by atoms with Gasteiger partial charge in [-0.05, 0) is 73.5 Å². The molecule has 1 heterocycles. The molecular formula is C23H20ClFN2O. The number of carbonyl (C=O) groups excluding carboxylic acids is 1. The lowest BCUT2D eigenvalue weighted by Crippen LogP contribution is -2.44. The third kappa shape index (κ3) is 3.60. The average Bonchev–Trinajstić information content (AvgIpc) is 2.70. The van der Waals surface area contributed by atoms with Crippen molar-refractivity contribution in [1.82, 2.24) is 0 Å². The fourth-order valence-corrected chi connectivity index (χ4v) is 3.86. The molecule has 0 bridgehead atoms. The highest BCUT2D eigenvalue weighted by Crippen LogP contribution is 2.39. The summed E-state index contributed by atoms with van der Waals surface area (Å²) in [7, 11) is 0. The molecular weight excluding hydrogens is 375 g/mol. The van der Waals surface area contributed by atoms with Crippen LogP contribution >= 0.6 is 11.6 Å². The summed E-state index contributed by atoms with van der Waals surface area (Å²) < 4.78 is 13.2. The molecule has 0 radical (unpaired) electrons. The van der Waals surface area contributed by atoms with E-state index in [-0.39, 0.29) is 23.8 Å². The number of amides is 1. The largest absolute Gasteiger partial charge is 0.378 e. The molecule has 142 valence electrons. The maximum atomic E-state index is 13.2. The van der Waals surface area contributed by atoms with Crippen molar-refractivity contribution in [1.29, 1.82) is 0 Å². The molecule has 0 fully saturated rings. The van der Waals surface area contributed by atoms with Gasteiger partial charge in [0.25, 0.3) is 5.91 Å². The fourth-order valence-electron chi connectivity index (χ4n) is 3.74. The van der Waals surface area contributed by atoms with E-state index in [0.29, 0.717) is 10.6 Å². The number of nitrogens with one attached hydrogen (secondary N) is 1. The maximum absolute atomic E-state index is 13.2. The van der Waals surface area contributed by atoms with Gasteiger partial charge in [-0.15, -0.1) is 0 Å². The Morgan fingerprint density at radius 2 is 1.71 bits per heavy atom. The first-order chi connectivity index (χ1) is 13.5. The average molecular weight is 395 g/mol.